The van der Waals surface area contributed by atoms with Crippen LogP contribution in [0.15, 0.2) is 18.2 Å². The highest BCUT2D eigenvalue weighted by molar-refractivity contribution is 7.92. The summed E-state index contributed by atoms with van der Waals surface area (Å²) in [6.07, 6.45) is 1.01. The lowest BCUT2D eigenvalue weighted by Gasteiger charge is -2.23. The Balaban J connectivity index is 3.35. The van der Waals surface area contributed by atoms with E-state index in [1.807, 2.05) is 0 Å². The third-order valence-corrected chi connectivity index (χ3v) is 3.61. The average molecular weight is 273 g/mol. The molecule has 0 aromatic heterocycles. The summed E-state index contributed by atoms with van der Waals surface area (Å²) >= 11 is 0. The fourth-order valence-corrected chi connectivity index (χ4v) is 2.53. The van der Waals surface area contributed by atoms with Crippen molar-refractivity contribution in [3.8, 4) is 0 Å². The molecule has 2 N–H and O–H groups in total. The van der Waals surface area contributed by atoms with Gasteiger partial charge in [-0.3, -0.25) is 4.31 Å². The van der Waals surface area contributed by atoms with Crippen molar-refractivity contribution >= 4 is 21.7 Å². The number of anilines is 1. The molecule has 0 unspecified atom stereocenters. The number of carbonyl (C=O) groups is 1. The summed E-state index contributed by atoms with van der Waals surface area (Å²) in [7, 11) is -3.56. The van der Waals surface area contributed by atoms with Crippen molar-refractivity contribution in [1.29, 1.82) is 0 Å². The molecule has 100 valence electrons. The number of aromatic carboxylic acids is 1. The van der Waals surface area contributed by atoms with Crippen LogP contribution in [0.2, 0.25) is 0 Å². The topological polar surface area (TPSA) is 94.9 Å². The highest BCUT2D eigenvalue weighted by Gasteiger charge is 2.19. The van der Waals surface area contributed by atoms with Gasteiger partial charge in [0, 0.05) is 0 Å². The number of nitrogens with zero attached hydrogens (tertiary/aromatic N) is 1. The number of carboxylic acid groups (broad SMARTS) is 1. The lowest BCUT2D eigenvalue weighted by Crippen LogP contribution is -2.33. The van der Waals surface area contributed by atoms with Gasteiger partial charge < -0.3 is 10.2 Å². The van der Waals surface area contributed by atoms with Crippen molar-refractivity contribution in [3.63, 3.8) is 0 Å². The molecule has 0 radical (unpaired) electrons. The number of hydrogen-bond donors (Lipinski definition) is 2. The van der Waals surface area contributed by atoms with Gasteiger partial charge >= 0.3 is 5.97 Å². The van der Waals surface area contributed by atoms with Crippen LogP contribution in [0.5, 0.6) is 0 Å². The van der Waals surface area contributed by atoms with Crippen molar-refractivity contribution in [2.24, 2.45) is 0 Å². The van der Waals surface area contributed by atoms with E-state index in [4.69, 9.17) is 10.2 Å². The molecule has 0 bridgehead atoms. The van der Waals surface area contributed by atoms with Crippen LogP contribution in [0.4, 0.5) is 5.69 Å². The summed E-state index contributed by atoms with van der Waals surface area (Å²) in [5.74, 6) is -1.13. The zero-order valence-electron chi connectivity index (χ0n) is 10.1. The van der Waals surface area contributed by atoms with Crippen LogP contribution in [-0.4, -0.2) is 44.0 Å². The molecule has 0 fully saturated rings. The minimum Gasteiger partial charge on any atom is -0.478 e. The minimum absolute atomic E-state index is 0.00203. The summed E-state index contributed by atoms with van der Waals surface area (Å²) < 4.78 is 24.2. The minimum atomic E-state index is -3.56. The maximum Gasteiger partial charge on any atom is 0.335 e. The molecule has 0 aliphatic heterocycles. The Labute approximate surface area is 106 Å². The highest BCUT2D eigenvalue weighted by Crippen LogP contribution is 2.23. The van der Waals surface area contributed by atoms with Crippen LogP contribution >= 0.6 is 0 Å². The quantitative estimate of drug-likeness (QED) is 0.812. The van der Waals surface area contributed by atoms with Crippen LogP contribution in [0, 0.1) is 6.92 Å². The lowest BCUT2D eigenvalue weighted by atomic mass is 10.1. The molecule has 1 rings (SSSR count). The average Bonchev–Trinajstić information content (AvgIpc) is 2.25. The molecule has 1 aromatic rings. The van der Waals surface area contributed by atoms with E-state index in [1.165, 1.54) is 18.2 Å². The van der Waals surface area contributed by atoms with E-state index in [2.05, 4.69) is 0 Å². The van der Waals surface area contributed by atoms with Crippen molar-refractivity contribution in [3.05, 3.63) is 29.3 Å². The van der Waals surface area contributed by atoms with Gasteiger partial charge in [-0.25, -0.2) is 13.2 Å². The normalized spacial score (nSPS) is 11.3. The van der Waals surface area contributed by atoms with Gasteiger partial charge in [-0.15, -0.1) is 0 Å². The molecule has 0 atom stereocenters. The Morgan fingerprint density at radius 3 is 2.44 bits per heavy atom. The first-order chi connectivity index (χ1) is 8.27. The molecular formula is C11H15NO5S. The molecular weight excluding hydrogens is 258 g/mol. The van der Waals surface area contributed by atoms with E-state index in [1.54, 1.807) is 6.92 Å². The molecule has 7 heteroatoms. The molecule has 6 nitrogen and oxygen atoms in total. The van der Waals surface area contributed by atoms with Crippen molar-refractivity contribution in [1.82, 2.24) is 0 Å². The molecule has 0 aliphatic rings. The number of carboxylic acids is 1. The van der Waals surface area contributed by atoms with Gasteiger partial charge in [-0.2, -0.15) is 0 Å². The smallest absolute Gasteiger partial charge is 0.335 e. The second-order valence-corrected chi connectivity index (χ2v) is 5.77. The molecule has 1 aromatic carbocycles. The third-order valence-electron chi connectivity index (χ3n) is 2.43. The van der Waals surface area contributed by atoms with Crippen LogP contribution in [0.1, 0.15) is 15.9 Å². The number of benzene rings is 1. The molecule has 0 heterocycles. The molecule has 18 heavy (non-hydrogen) atoms. The first kappa shape index (κ1) is 14.5. The summed E-state index contributed by atoms with van der Waals surface area (Å²) in [6.45, 7) is 1.23. The lowest BCUT2D eigenvalue weighted by molar-refractivity contribution is 0.0697. The predicted molar refractivity (Wildman–Crippen MR) is 67.4 cm³/mol. The van der Waals surface area contributed by atoms with Gasteiger partial charge in [0.2, 0.25) is 10.0 Å². The van der Waals surface area contributed by atoms with E-state index < -0.39 is 16.0 Å². The number of aliphatic hydroxyl groups excluding tert-OH is 1. The van der Waals surface area contributed by atoms with E-state index in [9.17, 15) is 13.2 Å². The zero-order chi connectivity index (χ0) is 13.9. The van der Waals surface area contributed by atoms with E-state index in [0.717, 1.165) is 10.6 Å². The van der Waals surface area contributed by atoms with Crippen molar-refractivity contribution in [2.75, 3.05) is 23.7 Å². The van der Waals surface area contributed by atoms with Gasteiger partial charge in [0.25, 0.3) is 0 Å². The summed E-state index contributed by atoms with van der Waals surface area (Å²) in [5.41, 5.74) is 0.896. The Morgan fingerprint density at radius 2 is 2.00 bits per heavy atom. The fraction of sp³-hybridized carbons (Fsp3) is 0.364. The highest BCUT2D eigenvalue weighted by atomic mass is 32.2. The first-order valence-corrected chi connectivity index (χ1v) is 7.04. The standard InChI is InChI=1S/C11H15NO5S/c1-8-3-4-9(11(14)15)7-10(8)12(5-6-13)18(2,16)17/h3-4,7,13H,5-6H2,1-2H3,(H,14,15). The molecule has 0 aliphatic carbocycles. The van der Waals surface area contributed by atoms with E-state index >= 15 is 0 Å². The number of sulfonamides is 1. The Hall–Kier alpha value is -1.60. The SMILES string of the molecule is Cc1ccc(C(=O)O)cc1N(CCO)S(C)(=O)=O. The summed E-state index contributed by atoms with van der Waals surface area (Å²) in [4.78, 5) is 10.9. The van der Waals surface area contributed by atoms with Crippen molar-refractivity contribution < 1.29 is 23.4 Å². The number of hydrogen-bond acceptors (Lipinski definition) is 4. The monoisotopic (exact) mass is 273 g/mol. The largest absolute Gasteiger partial charge is 0.478 e. The van der Waals surface area contributed by atoms with Crippen LogP contribution in [0.3, 0.4) is 0 Å². The van der Waals surface area contributed by atoms with Gasteiger partial charge in [-0.1, -0.05) is 6.07 Å². The van der Waals surface area contributed by atoms with Crippen molar-refractivity contribution in [2.45, 2.75) is 6.92 Å². The Bertz CT molecular complexity index is 553. The third kappa shape index (κ3) is 3.21. The fourth-order valence-electron chi connectivity index (χ4n) is 1.57. The number of rotatable bonds is 5. The van der Waals surface area contributed by atoms with Crippen LogP contribution < -0.4 is 4.31 Å². The number of aryl methyl sites for hydroxylation is 1. The Kier molecular flexibility index (Phi) is 4.31. The van der Waals surface area contributed by atoms with E-state index in [0.29, 0.717) is 5.56 Å². The summed E-state index contributed by atoms with van der Waals surface area (Å²) in [5, 5.41) is 17.8. The van der Waals surface area contributed by atoms with Gasteiger partial charge in [0.05, 0.1) is 30.7 Å². The Morgan fingerprint density at radius 1 is 1.39 bits per heavy atom. The predicted octanol–water partition coefficient (Wildman–Crippen LogP) is 0.452. The van der Waals surface area contributed by atoms with Gasteiger partial charge in [-0.05, 0) is 24.6 Å². The van der Waals surface area contributed by atoms with E-state index in [-0.39, 0.29) is 24.4 Å². The zero-order valence-corrected chi connectivity index (χ0v) is 10.9. The number of aliphatic hydroxyl groups is 1. The molecule has 0 saturated carbocycles. The summed E-state index contributed by atoms with van der Waals surface area (Å²) in [6, 6.07) is 4.23. The van der Waals surface area contributed by atoms with Crippen LogP contribution in [0.25, 0.3) is 0 Å². The maximum atomic E-state index is 11.6. The van der Waals surface area contributed by atoms with Gasteiger partial charge in [0.15, 0.2) is 0 Å². The molecule has 0 saturated heterocycles. The molecule has 0 amide bonds. The first-order valence-electron chi connectivity index (χ1n) is 5.20. The molecule has 0 spiro atoms. The maximum absolute atomic E-state index is 11.6. The van der Waals surface area contributed by atoms with Crippen LogP contribution in [-0.2, 0) is 10.0 Å². The second-order valence-electron chi connectivity index (χ2n) is 3.87. The second kappa shape index (κ2) is 5.36. The van der Waals surface area contributed by atoms with Gasteiger partial charge in [0.1, 0.15) is 0 Å².